The van der Waals surface area contributed by atoms with Crippen LogP contribution in [0.3, 0.4) is 0 Å². The minimum absolute atomic E-state index is 0.0812. The van der Waals surface area contributed by atoms with Crippen LogP contribution >= 0.6 is 0 Å². The van der Waals surface area contributed by atoms with Crippen LogP contribution in [0.25, 0.3) is 0 Å². The molecule has 1 aromatic carbocycles. The molecule has 1 aliphatic carbocycles. The molecule has 19 heavy (non-hydrogen) atoms. The fraction of sp³-hybridized carbons (Fsp3) is 0.467. The molecule has 4 nitrogen and oxygen atoms in total. The molecule has 4 heteroatoms. The van der Waals surface area contributed by atoms with Gasteiger partial charge in [0.05, 0.1) is 6.42 Å². The second kappa shape index (κ2) is 5.43. The Morgan fingerprint density at radius 1 is 1.26 bits per heavy atom. The second-order valence-electron chi connectivity index (χ2n) is 5.19. The number of hydrogen-bond donors (Lipinski definition) is 1. The number of carbonyl (C=O) groups excluding carboxylic acids is 1. The van der Waals surface area contributed by atoms with E-state index in [9.17, 15) is 9.59 Å². The Labute approximate surface area is 113 Å². The molecule has 0 radical (unpaired) electrons. The van der Waals surface area contributed by atoms with Gasteiger partial charge < -0.3 is 10.0 Å². The van der Waals surface area contributed by atoms with Crippen LogP contribution in [0.2, 0.25) is 0 Å². The summed E-state index contributed by atoms with van der Waals surface area (Å²) in [5, 5.41) is 8.89. The van der Waals surface area contributed by atoms with E-state index in [0.717, 1.165) is 29.5 Å². The van der Waals surface area contributed by atoms with Crippen LogP contribution in [0.15, 0.2) is 18.2 Å². The Morgan fingerprint density at radius 2 is 1.84 bits per heavy atom. The molecule has 0 aliphatic heterocycles. The van der Waals surface area contributed by atoms with Gasteiger partial charge in [0.15, 0.2) is 0 Å². The molecule has 2 rings (SSSR count). The number of carboxylic acid groups (broad SMARTS) is 1. The highest BCUT2D eigenvalue weighted by Crippen LogP contribution is 2.27. The average molecular weight is 261 g/mol. The first-order valence-corrected chi connectivity index (χ1v) is 6.55. The van der Waals surface area contributed by atoms with Gasteiger partial charge in [-0.15, -0.1) is 0 Å². The molecular weight excluding hydrogens is 242 g/mol. The molecule has 0 spiro atoms. The van der Waals surface area contributed by atoms with Crippen molar-refractivity contribution in [1.82, 2.24) is 4.90 Å². The summed E-state index contributed by atoms with van der Waals surface area (Å²) in [5.74, 6) is -1.02. The van der Waals surface area contributed by atoms with E-state index >= 15 is 0 Å². The summed E-state index contributed by atoms with van der Waals surface area (Å²) in [6, 6.07) is 6.06. The van der Waals surface area contributed by atoms with Crippen molar-refractivity contribution in [3.8, 4) is 0 Å². The first-order chi connectivity index (χ1) is 8.99. The molecule has 1 aromatic rings. The number of carbonyl (C=O) groups is 2. The van der Waals surface area contributed by atoms with Crippen molar-refractivity contribution in [1.29, 1.82) is 0 Å². The summed E-state index contributed by atoms with van der Waals surface area (Å²) in [6.07, 6.45) is 2.14. The smallest absolute Gasteiger partial charge is 0.323 e. The molecule has 0 saturated heterocycles. The average Bonchev–Trinajstić information content (AvgIpc) is 3.14. The predicted molar refractivity (Wildman–Crippen MR) is 72.0 cm³/mol. The van der Waals surface area contributed by atoms with E-state index in [1.54, 1.807) is 0 Å². The first-order valence-electron chi connectivity index (χ1n) is 6.55. The van der Waals surface area contributed by atoms with Crippen molar-refractivity contribution in [3.05, 3.63) is 34.9 Å². The van der Waals surface area contributed by atoms with Crippen molar-refractivity contribution in [2.24, 2.45) is 0 Å². The first kappa shape index (κ1) is 13.6. The molecule has 1 amide bonds. The highest BCUT2D eigenvalue weighted by molar-refractivity contribution is 5.84. The number of aliphatic carboxylic acids is 1. The van der Waals surface area contributed by atoms with Gasteiger partial charge in [0, 0.05) is 6.04 Å². The van der Waals surface area contributed by atoms with Crippen molar-refractivity contribution in [2.75, 3.05) is 6.54 Å². The molecule has 0 atom stereocenters. The normalized spacial score (nSPS) is 14.2. The number of benzene rings is 1. The number of rotatable bonds is 5. The molecule has 1 fully saturated rings. The Hall–Kier alpha value is -1.84. The molecule has 1 N–H and O–H groups in total. The van der Waals surface area contributed by atoms with Gasteiger partial charge in [0.2, 0.25) is 5.91 Å². The monoisotopic (exact) mass is 261 g/mol. The van der Waals surface area contributed by atoms with Crippen molar-refractivity contribution >= 4 is 11.9 Å². The lowest BCUT2D eigenvalue weighted by Gasteiger charge is -2.21. The molecule has 1 saturated carbocycles. The van der Waals surface area contributed by atoms with E-state index in [1.807, 2.05) is 32.0 Å². The topological polar surface area (TPSA) is 57.6 Å². The maximum Gasteiger partial charge on any atom is 0.323 e. The zero-order valence-electron chi connectivity index (χ0n) is 11.3. The SMILES string of the molecule is Cc1cccc(C)c1CC(=O)N(CC(=O)O)C1CC1. The van der Waals surface area contributed by atoms with Gasteiger partial charge >= 0.3 is 5.97 Å². The van der Waals surface area contributed by atoms with Crippen LogP contribution < -0.4 is 0 Å². The van der Waals surface area contributed by atoms with Crippen LogP contribution in [-0.4, -0.2) is 34.5 Å². The summed E-state index contributed by atoms with van der Waals surface area (Å²) in [6.45, 7) is 3.77. The third-order valence-corrected chi connectivity index (χ3v) is 3.59. The van der Waals surface area contributed by atoms with E-state index < -0.39 is 5.97 Å². The second-order valence-corrected chi connectivity index (χ2v) is 5.19. The lowest BCUT2D eigenvalue weighted by atomic mass is 9.99. The van der Waals surface area contributed by atoms with E-state index in [4.69, 9.17) is 5.11 Å². The van der Waals surface area contributed by atoms with E-state index in [-0.39, 0.29) is 18.5 Å². The Morgan fingerprint density at radius 3 is 2.32 bits per heavy atom. The fourth-order valence-corrected chi connectivity index (χ4v) is 2.33. The number of carboxylic acids is 1. The van der Waals surface area contributed by atoms with Crippen LogP contribution in [0, 0.1) is 13.8 Å². The Balaban J connectivity index is 2.12. The van der Waals surface area contributed by atoms with Gasteiger partial charge in [-0.3, -0.25) is 9.59 Å². The standard InChI is InChI=1S/C15H19NO3/c1-10-4-3-5-11(2)13(10)8-14(17)16(9-15(18)19)12-6-7-12/h3-5,12H,6-9H2,1-2H3,(H,18,19). The van der Waals surface area contributed by atoms with Gasteiger partial charge in [-0.05, 0) is 43.4 Å². The van der Waals surface area contributed by atoms with Gasteiger partial charge in [-0.2, -0.15) is 0 Å². The van der Waals surface area contributed by atoms with E-state index in [2.05, 4.69) is 0 Å². The predicted octanol–water partition coefficient (Wildman–Crippen LogP) is 1.92. The third-order valence-electron chi connectivity index (χ3n) is 3.59. The van der Waals surface area contributed by atoms with E-state index in [0.29, 0.717) is 6.42 Å². The summed E-state index contributed by atoms with van der Waals surface area (Å²) < 4.78 is 0. The summed E-state index contributed by atoms with van der Waals surface area (Å²) in [4.78, 5) is 24.6. The number of amides is 1. The fourth-order valence-electron chi connectivity index (χ4n) is 2.33. The zero-order valence-corrected chi connectivity index (χ0v) is 11.3. The van der Waals surface area contributed by atoms with Crippen molar-refractivity contribution in [2.45, 2.75) is 39.2 Å². The third kappa shape index (κ3) is 3.34. The number of aryl methyl sites for hydroxylation is 2. The summed E-state index contributed by atoms with van der Waals surface area (Å²) in [7, 11) is 0. The molecule has 1 aliphatic rings. The molecule has 0 bridgehead atoms. The quantitative estimate of drug-likeness (QED) is 0.881. The lowest BCUT2D eigenvalue weighted by Crippen LogP contribution is -2.38. The van der Waals surface area contributed by atoms with Gasteiger partial charge in [-0.25, -0.2) is 0 Å². The number of nitrogens with zero attached hydrogens (tertiary/aromatic N) is 1. The van der Waals surface area contributed by atoms with Crippen molar-refractivity contribution in [3.63, 3.8) is 0 Å². The highest BCUT2D eigenvalue weighted by atomic mass is 16.4. The minimum Gasteiger partial charge on any atom is -0.480 e. The largest absolute Gasteiger partial charge is 0.480 e. The Bertz CT molecular complexity index is 486. The highest BCUT2D eigenvalue weighted by Gasteiger charge is 2.33. The molecule has 0 unspecified atom stereocenters. The van der Waals surface area contributed by atoms with E-state index in [1.165, 1.54) is 4.90 Å². The summed E-state index contributed by atoms with van der Waals surface area (Å²) >= 11 is 0. The number of hydrogen-bond acceptors (Lipinski definition) is 2. The summed E-state index contributed by atoms with van der Waals surface area (Å²) in [5.41, 5.74) is 3.18. The minimum atomic E-state index is -0.943. The maximum absolute atomic E-state index is 12.3. The Kier molecular flexibility index (Phi) is 3.88. The molecule has 0 heterocycles. The molecule has 0 aromatic heterocycles. The van der Waals surface area contributed by atoms with Crippen molar-refractivity contribution < 1.29 is 14.7 Å². The molecule has 102 valence electrons. The van der Waals surface area contributed by atoms with Gasteiger partial charge in [0.25, 0.3) is 0 Å². The van der Waals surface area contributed by atoms with Crippen LogP contribution in [0.4, 0.5) is 0 Å². The van der Waals surface area contributed by atoms with Crippen LogP contribution in [-0.2, 0) is 16.0 Å². The van der Waals surface area contributed by atoms with Gasteiger partial charge in [-0.1, -0.05) is 18.2 Å². The van der Waals surface area contributed by atoms with Gasteiger partial charge in [0.1, 0.15) is 6.54 Å². The zero-order chi connectivity index (χ0) is 14.0. The van der Waals surface area contributed by atoms with Crippen LogP contribution in [0.1, 0.15) is 29.5 Å². The maximum atomic E-state index is 12.3. The molecular formula is C15H19NO3. The van der Waals surface area contributed by atoms with Crippen LogP contribution in [0.5, 0.6) is 0 Å². The lowest BCUT2D eigenvalue weighted by molar-refractivity contribution is -0.144.